The molecular formula is C5H9N5. The van der Waals surface area contributed by atoms with Gasteiger partial charge in [0, 0.05) is 7.05 Å². The summed E-state index contributed by atoms with van der Waals surface area (Å²) in [7, 11) is 1.93. The number of hydrogen-bond donors (Lipinski definition) is 2. The predicted octanol–water partition coefficient (Wildman–Crippen LogP) is -1.25. The van der Waals surface area contributed by atoms with Crippen LogP contribution in [0.15, 0.2) is 9.98 Å². The normalized spacial score (nSPS) is 35.9. The van der Waals surface area contributed by atoms with Crippen LogP contribution in [-0.4, -0.2) is 37.2 Å². The Hall–Kier alpha value is -1.10. The third-order valence-electron chi connectivity index (χ3n) is 1.54. The lowest BCUT2D eigenvalue weighted by Gasteiger charge is -2.34. The zero-order valence-corrected chi connectivity index (χ0v) is 5.65. The first-order valence-corrected chi connectivity index (χ1v) is 3.15. The molecule has 0 amide bonds. The zero-order chi connectivity index (χ0) is 6.97. The van der Waals surface area contributed by atoms with Gasteiger partial charge in [0.1, 0.15) is 0 Å². The highest BCUT2D eigenvalue weighted by Crippen LogP contribution is 2.01. The van der Waals surface area contributed by atoms with Crippen molar-refractivity contribution < 1.29 is 0 Å². The fourth-order valence-electron chi connectivity index (χ4n) is 0.960. The van der Waals surface area contributed by atoms with Crippen molar-refractivity contribution in [1.29, 1.82) is 0 Å². The van der Waals surface area contributed by atoms with Crippen molar-refractivity contribution >= 4 is 12.7 Å². The van der Waals surface area contributed by atoms with Crippen LogP contribution in [0.5, 0.6) is 0 Å². The lowest BCUT2D eigenvalue weighted by Crippen LogP contribution is -2.58. The van der Waals surface area contributed by atoms with E-state index in [0.29, 0.717) is 0 Å². The molecule has 0 saturated heterocycles. The van der Waals surface area contributed by atoms with Crippen molar-refractivity contribution in [3.8, 4) is 0 Å². The molecule has 5 nitrogen and oxygen atoms in total. The second kappa shape index (κ2) is 1.95. The first kappa shape index (κ1) is 5.67. The Labute approximate surface area is 58.8 Å². The minimum Gasteiger partial charge on any atom is -0.342 e. The second-order valence-corrected chi connectivity index (χ2v) is 2.32. The summed E-state index contributed by atoms with van der Waals surface area (Å²) in [6.07, 6.45) is 3.52. The molecule has 10 heavy (non-hydrogen) atoms. The Morgan fingerprint density at radius 2 is 2.40 bits per heavy atom. The van der Waals surface area contributed by atoms with Gasteiger partial charge < -0.3 is 10.2 Å². The van der Waals surface area contributed by atoms with E-state index in [1.165, 1.54) is 0 Å². The second-order valence-electron chi connectivity index (χ2n) is 2.32. The molecule has 2 aliphatic heterocycles. The summed E-state index contributed by atoms with van der Waals surface area (Å²) in [5.41, 5.74) is 0. The van der Waals surface area contributed by atoms with Crippen molar-refractivity contribution in [1.82, 2.24) is 15.5 Å². The van der Waals surface area contributed by atoms with Gasteiger partial charge in [-0.2, -0.15) is 0 Å². The molecule has 5 heteroatoms. The van der Waals surface area contributed by atoms with Gasteiger partial charge in [0.05, 0.1) is 12.7 Å². The maximum absolute atomic E-state index is 4.12. The van der Waals surface area contributed by atoms with Gasteiger partial charge in [-0.25, -0.2) is 15.3 Å². The summed E-state index contributed by atoms with van der Waals surface area (Å²) >= 11 is 0. The molecule has 2 atom stereocenters. The van der Waals surface area contributed by atoms with E-state index in [4.69, 9.17) is 0 Å². The molecule has 2 bridgehead atoms. The van der Waals surface area contributed by atoms with E-state index in [-0.39, 0.29) is 12.6 Å². The maximum atomic E-state index is 4.12. The number of fused-ring (bicyclic) bond motifs is 2. The van der Waals surface area contributed by atoms with Gasteiger partial charge in [0.25, 0.3) is 0 Å². The van der Waals surface area contributed by atoms with Crippen molar-refractivity contribution in [2.24, 2.45) is 9.98 Å². The summed E-state index contributed by atoms with van der Waals surface area (Å²) in [4.78, 5) is 10.1. The van der Waals surface area contributed by atoms with E-state index >= 15 is 0 Å². The highest BCUT2D eigenvalue weighted by atomic mass is 15.5. The zero-order valence-electron chi connectivity index (χ0n) is 5.65. The van der Waals surface area contributed by atoms with Crippen LogP contribution in [0, 0.1) is 0 Å². The molecule has 2 unspecified atom stereocenters. The van der Waals surface area contributed by atoms with Crippen molar-refractivity contribution in [3.05, 3.63) is 0 Å². The van der Waals surface area contributed by atoms with E-state index in [1.807, 2.05) is 11.9 Å². The van der Waals surface area contributed by atoms with Crippen LogP contribution in [0.1, 0.15) is 0 Å². The molecule has 0 fully saturated rings. The van der Waals surface area contributed by atoms with Gasteiger partial charge >= 0.3 is 0 Å². The Kier molecular flexibility index (Phi) is 1.10. The highest BCUT2D eigenvalue weighted by molar-refractivity contribution is 5.62. The van der Waals surface area contributed by atoms with Crippen molar-refractivity contribution in [3.63, 3.8) is 0 Å². The monoisotopic (exact) mass is 139 g/mol. The molecule has 0 aromatic heterocycles. The lowest BCUT2D eigenvalue weighted by molar-refractivity contribution is 0.248. The average molecular weight is 139 g/mol. The molecule has 2 heterocycles. The molecule has 0 aromatic rings. The predicted molar refractivity (Wildman–Crippen MR) is 38.6 cm³/mol. The SMILES string of the molecule is CN1C=NC2NC=NC1N2. The molecular weight excluding hydrogens is 130 g/mol. The van der Waals surface area contributed by atoms with Gasteiger partial charge in [0.15, 0.2) is 12.6 Å². The van der Waals surface area contributed by atoms with E-state index in [0.717, 1.165) is 0 Å². The molecule has 2 N–H and O–H groups in total. The third kappa shape index (κ3) is 0.750. The van der Waals surface area contributed by atoms with Crippen LogP contribution < -0.4 is 10.6 Å². The summed E-state index contributed by atoms with van der Waals surface area (Å²) in [6.45, 7) is 0. The average Bonchev–Trinajstić information content (AvgIpc) is 1.99. The Bertz CT molecular complexity index is 182. The number of nitrogens with zero attached hydrogens (tertiary/aromatic N) is 3. The van der Waals surface area contributed by atoms with Crippen LogP contribution in [0.25, 0.3) is 0 Å². The summed E-state index contributed by atoms with van der Waals surface area (Å²) in [5, 5.41) is 6.07. The molecule has 0 aromatic carbocycles. The Morgan fingerprint density at radius 3 is 3.20 bits per heavy atom. The van der Waals surface area contributed by atoms with Gasteiger partial charge in [-0.1, -0.05) is 0 Å². The Morgan fingerprint density at radius 1 is 1.50 bits per heavy atom. The number of aliphatic imine (C=N–C) groups is 2. The largest absolute Gasteiger partial charge is 0.342 e. The molecule has 2 rings (SSSR count). The van der Waals surface area contributed by atoms with Crippen LogP contribution >= 0.6 is 0 Å². The van der Waals surface area contributed by atoms with Crippen molar-refractivity contribution in [2.75, 3.05) is 7.05 Å². The van der Waals surface area contributed by atoms with Crippen LogP contribution in [0.2, 0.25) is 0 Å². The van der Waals surface area contributed by atoms with E-state index in [2.05, 4.69) is 20.6 Å². The molecule has 54 valence electrons. The summed E-state index contributed by atoms with van der Waals surface area (Å²) in [6, 6.07) is 0. The molecule has 0 aliphatic carbocycles. The van der Waals surface area contributed by atoms with Crippen LogP contribution in [0.3, 0.4) is 0 Å². The van der Waals surface area contributed by atoms with E-state index < -0.39 is 0 Å². The van der Waals surface area contributed by atoms with Gasteiger partial charge in [-0.15, -0.1) is 0 Å². The van der Waals surface area contributed by atoms with Gasteiger partial charge in [0.2, 0.25) is 0 Å². The maximum Gasteiger partial charge on any atom is 0.181 e. The first-order valence-electron chi connectivity index (χ1n) is 3.15. The van der Waals surface area contributed by atoms with Gasteiger partial charge in [-0.05, 0) is 0 Å². The number of nitrogens with one attached hydrogen (secondary N) is 2. The first-order chi connectivity index (χ1) is 4.86. The fourth-order valence-corrected chi connectivity index (χ4v) is 0.960. The summed E-state index contributed by atoms with van der Waals surface area (Å²) in [5.74, 6) is 0. The highest BCUT2D eigenvalue weighted by Gasteiger charge is 2.21. The van der Waals surface area contributed by atoms with Crippen LogP contribution in [-0.2, 0) is 0 Å². The standard InChI is InChI=1S/C5H9N5/c1-10-3-8-4-6-2-7-5(10)9-4/h2-5,9H,1H3,(H,6,7). The van der Waals surface area contributed by atoms with Crippen molar-refractivity contribution in [2.45, 2.75) is 12.6 Å². The summed E-state index contributed by atoms with van der Waals surface area (Å²) < 4.78 is 0. The number of hydrogen-bond acceptors (Lipinski definition) is 5. The smallest absolute Gasteiger partial charge is 0.181 e. The third-order valence-corrected chi connectivity index (χ3v) is 1.54. The molecule has 0 radical (unpaired) electrons. The minimum atomic E-state index is 0.0127. The van der Waals surface area contributed by atoms with E-state index in [1.54, 1.807) is 12.7 Å². The Balaban J connectivity index is 2.22. The fraction of sp³-hybridized carbons (Fsp3) is 0.600. The molecule has 0 spiro atoms. The molecule has 0 saturated carbocycles. The topological polar surface area (TPSA) is 52.0 Å². The van der Waals surface area contributed by atoms with Gasteiger partial charge in [-0.3, -0.25) is 0 Å². The lowest BCUT2D eigenvalue weighted by atomic mass is 10.5. The van der Waals surface area contributed by atoms with E-state index in [9.17, 15) is 0 Å². The van der Waals surface area contributed by atoms with Crippen LogP contribution in [0.4, 0.5) is 0 Å². The molecule has 2 aliphatic rings. The quantitative estimate of drug-likeness (QED) is 0.441. The number of rotatable bonds is 0. The minimum absolute atomic E-state index is 0.0127.